The summed E-state index contributed by atoms with van der Waals surface area (Å²) in [7, 11) is 0. The Labute approximate surface area is 134 Å². The van der Waals surface area contributed by atoms with Gasteiger partial charge >= 0.3 is 0 Å². The molecule has 0 aromatic carbocycles. The molecule has 8 nitrogen and oxygen atoms in total. The number of hydrogen-bond donors (Lipinski definition) is 2. The lowest BCUT2D eigenvalue weighted by molar-refractivity contribution is 0.0835. The van der Waals surface area contributed by atoms with Gasteiger partial charge in [0.15, 0.2) is 5.82 Å². The van der Waals surface area contributed by atoms with Crippen LogP contribution in [0.4, 0.5) is 5.82 Å². The van der Waals surface area contributed by atoms with Crippen molar-refractivity contribution in [1.29, 1.82) is 0 Å². The second-order valence-corrected chi connectivity index (χ2v) is 5.80. The van der Waals surface area contributed by atoms with Gasteiger partial charge in [-0.05, 0) is 25.8 Å². The van der Waals surface area contributed by atoms with E-state index < -0.39 is 0 Å². The molecule has 0 unspecified atom stereocenters. The average molecular weight is 316 g/mol. The molecule has 2 N–H and O–H groups in total. The molecule has 0 aliphatic carbocycles. The zero-order valence-electron chi connectivity index (χ0n) is 12.9. The molecule has 1 atom stereocenters. The molecule has 2 aromatic rings. The van der Waals surface area contributed by atoms with Crippen molar-refractivity contribution in [3.05, 3.63) is 29.3 Å². The molecule has 2 aliphatic heterocycles. The maximum Gasteiger partial charge on any atom is 0.255 e. The average Bonchev–Trinajstić information content (AvgIpc) is 3.20. The SMILES string of the molecule is c1nc2c(c(NCc3noc([C@H]4CCCO4)n3)n1)CCNCC2. The number of anilines is 1. The minimum absolute atomic E-state index is 0.0438. The summed E-state index contributed by atoms with van der Waals surface area (Å²) in [6.45, 7) is 3.15. The molecular weight excluding hydrogens is 296 g/mol. The molecule has 0 radical (unpaired) electrons. The van der Waals surface area contributed by atoms with Crippen LogP contribution in [0.25, 0.3) is 0 Å². The molecule has 0 bridgehead atoms. The molecule has 1 fully saturated rings. The number of rotatable bonds is 4. The fraction of sp³-hybridized carbons (Fsp3) is 0.600. The van der Waals surface area contributed by atoms with Gasteiger partial charge in [0.05, 0.1) is 12.2 Å². The molecule has 8 heteroatoms. The first-order valence-electron chi connectivity index (χ1n) is 8.11. The van der Waals surface area contributed by atoms with Crippen LogP contribution >= 0.6 is 0 Å². The van der Waals surface area contributed by atoms with Crippen LogP contribution in [-0.4, -0.2) is 39.8 Å². The zero-order valence-corrected chi connectivity index (χ0v) is 12.9. The number of nitrogens with one attached hydrogen (secondary N) is 2. The Morgan fingerprint density at radius 2 is 2.22 bits per heavy atom. The second kappa shape index (κ2) is 6.59. The third-order valence-corrected chi connectivity index (χ3v) is 4.23. The highest BCUT2D eigenvalue weighted by Crippen LogP contribution is 2.27. The quantitative estimate of drug-likeness (QED) is 0.862. The second-order valence-electron chi connectivity index (χ2n) is 5.80. The number of ether oxygens (including phenoxy) is 1. The van der Waals surface area contributed by atoms with Crippen LogP contribution in [0.1, 0.15) is 41.9 Å². The number of fused-ring (bicyclic) bond motifs is 1. The molecule has 2 aliphatic rings. The van der Waals surface area contributed by atoms with E-state index in [-0.39, 0.29) is 6.10 Å². The largest absolute Gasteiger partial charge is 0.368 e. The van der Waals surface area contributed by atoms with Gasteiger partial charge in [-0.2, -0.15) is 4.98 Å². The highest BCUT2D eigenvalue weighted by molar-refractivity contribution is 5.46. The molecule has 4 rings (SSSR count). The van der Waals surface area contributed by atoms with E-state index in [1.807, 2.05) is 0 Å². The standard InChI is InChI=1S/C15H20N6O2/c1-2-12(22-7-1)15-20-13(21-23-15)8-17-14-10-3-5-16-6-4-11(10)18-9-19-14/h9,12,16H,1-8H2,(H,17,18,19)/t12-/m1/s1. The lowest BCUT2D eigenvalue weighted by atomic mass is 10.1. The fourth-order valence-corrected chi connectivity index (χ4v) is 3.03. The van der Waals surface area contributed by atoms with Crippen molar-refractivity contribution in [2.75, 3.05) is 25.0 Å². The predicted octanol–water partition coefficient (Wildman–Crippen LogP) is 1.01. The van der Waals surface area contributed by atoms with Crippen LogP contribution in [-0.2, 0) is 24.1 Å². The van der Waals surface area contributed by atoms with E-state index in [9.17, 15) is 0 Å². The van der Waals surface area contributed by atoms with Gasteiger partial charge in [0.25, 0.3) is 5.89 Å². The summed E-state index contributed by atoms with van der Waals surface area (Å²) in [5.41, 5.74) is 2.29. The van der Waals surface area contributed by atoms with Gasteiger partial charge in [-0.3, -0.25) is 0 Å². The molecule has 122 valence electrons. The fourth-order valence-electron chi connectivity index (χ4n) is 3.03. The molecular formula is C15H20N6O2. The maximum atomic E-state index is 5.56. The van der Waals surface area contributed by atoms with Crippen LogP contribution in [0.5, 0.6) is 0 Å². The molecule has 0 amide bonds. The van der Waals surface area contributed by atoms with Gasteiger partial charge in [-0.25, -0.2) is 9.97 Å². The topological polar surface area (TPSA) is 98.0 Å². The summed E-state index contributed by atoms with van der Waals surface area (Å²) in [6, 6.07) is 0. The molecule has 4 heterocycles. The smallest absolute Gasteiger partial charge is 0.255 e. The highest BCUT2D eigenvalue weighted by atomic mass is 16.5. The minimum atomic E-state index is -0.0438. The number of hydrogen-bond acceptors (Lipinski definition) is 8. The van der Waals surface area contributed by atoms with Crippen molar-refractivity contribution in [2.24, 2.45) is 0 Å². The summed E-state index contributed by atoms with van der Waals surface area (Å²) in [6.07, 6.45) is 5.41. The van der Waals surface area contributed by atoms with Crippen molar-refractivity contribution < 1.29 is 9.26 Å². The monoisotopic (exact) mass is 316 g/mol. The Morgan fingerprint density at radius 1 is 1.26 bits per heavy atom. The lowest BCUT2D eigenvalue weighted by Crippen LogP contribution is -2.16. The van der Waals surface area contributed by atoms with Gasteiger partial charge in [0, 0.05) is 25.1 Å². The first-order valence-corrected chi connectivity index (χ1v) is 8.11. The van der Waals surface area contributed by atoms with E-state index in [4.69, 9.17) is 9.26 Å². The summed E-state index contributed by atoms with van der Waals surface area (Å²) >= 11 is 0. The number of aromatic nitrogens is 4. The van der Waals surface area contributed by atoms with Crippen molar-refractivity contribution >= 4 is 5.82 Å². The van der Waals surface area contributed by atoms with Gasteiger partial charge in [0.2, 0.25) is 0 Å². The Morgan fingerprint density at radius 3 is 3.13 bits per heavy atom. The predicted molar refractivity (Wildman–Crippen MR) is 81.9 cm³/mol. The Balaban J connectivity index is 1.45. The van der Waals surface area contributed by atoms with Gasteiger partial charge < -0.3 is 19.9 Å². The Hall–Kier alpha value is -2.06. The first kappa shape index (κ1) is 14.5. The minimum Gasteiger partial charge on any atom is -0.368 e. The van der Waals surface area contributed by atoms with Crippen molar-refractivity contribution in [2.45, 2.75) is 38.3 Å². The van der Waals surface area contributed by atoms with Gasteiger partial charge in [-0.1, -0.05) is 5.16 Å². The Kier molecular flexibility index (Phi) is 4.16. The van der Waals surface area contributed by atoms with Gasteiger partial charge in [0.1, 0.15) is 18.2 Å². The van der Waals surface area contributed by atoms with E-state index in [1.54, 1.807) is 6.33 Å². The van der Waals surface area contributed by atoms with Crippen LogP contribution in [0, 0.1) is 0 Å². The van der Waals surface area contributed by atoms with E-state index in [0.29, 0.717) is 18.3 Å². The number of nitrogens with zero attached hydrogens (tertiary/aromatic N) is 4. The van der Waals surface area contributed by atoms with Crippen molar-refractivity contribution in [1.82, 2.24) is 25.4 Å². The first-order chi connectivity index (χ1) is 11.4. The third kappa shape index (κ3) is 3.18. The highest BCUT2D eigenvalue weighted by Gasteiger charge is 2.24. The molecule has 0 saturated carbocycles. The molecule has 1 saturated heterocycles. The van der Waals surface area contributed by atoms with E-state index in [0.717, 1.165) is 56.9 Å². The maximum absolute atomic E-state index is 5.56. The summed E-state index contributed by atoms with van der Waals surface area (Å²) < 4.78 is 10.9. The van der Waals surface area contributed by atoms with Crippen LogP contribution in [0.3, 0.4) is 0 Å². The summed E-state index contributed by atoms with van der Waals surface area (Å²) in [4.78, 5) is 13.2. The molecule has 2 aromatic heterocycles. The zero-order chi connectivity index (χ0) is 15.5. The van der Waals surface area contributed by atoms with Crippen molar-refractivity contribution in [3.63, 3.8) is 0 Å². The lowest BCUT2D eigenvalue weighted by Gasteiger charge is -2.10. The van der Waals surface area contributed by atoms with Crippen LogP contribution < -0.4 is 10.6 Å². The van der Waals surface area contributed by atoms with E-state index in [1.165, 1.54) is 5.56 Å². The van der Waals surface area contributed by atoms with Crippen LogP contribution in [0.15, 0.2) is 10.9 Å². The molecule has 0 spiro atoms. The summed E-state index contributed by atoms with van der Waals surface area (Å²) in [5, 5.41) is 10.7. The summed E-state index contributed by atoms with van der Waals surface area (Å²) in [5.74, 6) is 2.06. The van der Waals surface area contributed by atoms with E-state index in [2.05, 4.69) is 30.7 Å². The van der Waals surface area contributed by atoms with Crippen molar-refractivity contribution in [3.8, 4) is 0 Å². The normalized spacial score (nSPS) is 21.0. The van der Waals surface area contributed by atoms with Crippen LogP contribution in [0.2, 0.25) is 0 Å². The Bertz CT molecular complexity index is 668. The molecule has 23 heavy (non-hydrogen) atoms. The van der Waals surface area contributed by atoms with E-state index >= 15 is 0 Å². The van der Waals surface area contributed by atoms with Gasteiger partial charge in [-0.15, -0.1) is 0 Å². The third-order valence-electron chi connectivity index (χ3n) is 4.23.